The molecule has 0 aliphatic carbocycles. The van der Waals surface area contributed by atoms with Gasteiger partial charge in [-0.1, -0.05) is 82.9 Å². The van der Waals surface area contributed by atoms with E-state index in [0.29, 0.717) is 5.75 Å². The number of allylic oxidation sites excluding steroid dienone is 2. The summed E-state index contributed by atoms with van der Waals surface area (Å²) in [4.78, 5) is 0. The Balaban J connectivity index is 1.84. The number of rotatable bonds is 19. The smallest absolute Gasteiger partial charge is 0.160 e. The summed E-state index contributed by atoms with van der Waals surface area (Å²) in [6.45, 7) is 4.14. The molecule has 0 radical (unpaired) electrons. The molecule has 0 saturated carbocycles. The summed E-state index contributed by atoms with van der Waals surface area (Å²) in [7, 11) is 1.58. The second-order valence-electron chi connectivity index (χ2n) is 8.12. The standard InChI is InChI=1S/C26H45NO2/c1-3-4-5-6-7-8-9-10-11-12-13-14-15-16-17-18-21-27-23-24-19-20-25(28)26(22-24)29-2/h10-11,19-20,22,27-28H,3-9,12-18,21,23H2,1-2H3. The Kier molecular flexibility index (Phi) is 16.3. The molecule has 0 heterocycles. The van der Waals surface area contributed by atoms with Gasteiger partial charge in [0.05, 0.1) is 7.11 Å². The van der Waals surface area contributed by atoms with Crippen molar-refractivity contribution in [1.82, 2.24) is 5.32 Å². The quantitative estimate of drug-likeness (QED) is 0.185. The van der Waals surface area contributed by atoms with Gasteiger partial charge in [-0.05, 0) is 56.3 Å². The van der Waals surface area contributed by atoms with E-state index in [2.05, 4.69) is 24.4 Å². The normalized spacial score (nSPS) is 11.4. The summed E-state index contributed by atoms with van der Waals surface area (Å²) < 4.78 is 5.14. The van der Waals surface area contributed by atoms with Crippen LogP contribution in [0.3, 0.4) is 0 Å². The second kappa shape index (κ2) is 18.5. The number of ether oxygens (including phenoxy) is 1. The molecule has 3 nitrogen and oxygen atoms in total. The molecule has 0 unspecified atom stereocenters. The summed E-state index contributed by atoms with van der Waals surface area (Å²) >= 11 is 0. The van der Waals surface area contributed by atoms with Gasteiger partial charge in [0, 0.05) is 6.54 Å². The molecule has 29 heavy (non-hydrogen) atoms. The Labute approximate surface area is 179 Å². The van der Waals surface area contributed by atoms with Crippen LogP contribution in [0.5, 0.6) is 11.5 Å². The zero-order chi connectivity index (χ0) is 21.0. The lowest BCUT2D eigenvalue weighted by atomic mass is 10.1. The molecule has 2 N–H and O–H groups in total. The number of methoxy groups -OCH3 is 1. The molecule has 3 heteroatoms. The fourth-order valence-electron chi connectivity index (χ4n) is 3.56. The van der Waals surface area contributed by atoms with E-state index in [4.69, 9.17) is 4.74 Å². The third-order valence-electron chi connectivity index (χ3n) is 5.44. The summed E-state index contributed by atoms with van der Waals surface area (Å²) in [6, 6.07) is 5.52. The third kappa shape index (κ3) is 14.2. The van der Waals surface area contributed by atoms with Crippen LogP contribution < -0.4 is 10.1 Å². The van der Waals surface area contributed by atoms with Crippen LogP contribution in [0.2, 0.25) is 0 Å². The maximum atomic E-state index is 9.61. The Morgan fingerprint density at radius 2 is 1.41 bits per heavy atom. The number of hydrogen-bond acceptors (Lipinski definition) is 3. The average molecular weight is 404 g/mol. The maximum absolute atomic E-state index is 9.61. The van der Waals surface area contributed by atoms with Crippen molar-refractivity contribution in [2.45, 2.75) is 103 Å². The predicted octanol–water partition coefficient (Wildman–Crippen LogP) is 7.53. The molecule has 0 aromatic heterocycles. The van der Waals surface area contributed by atoms with Gasteiger partial charge in [0.1, 0.15) is 0 Å². The van der Waals surface area contributed by atoms with Crippen LogP contribution in [-0.2, 0) is 6.54 Å². The molecule has 0 spiro atoms. The monoisotopic (exact) mass is 403 g/mol. The minimum atomic E-state index is 0.199. The lowest BCUT2D eigenvalue weighted by molar-refractivity contribution is 0.372. The van der Waals surface area contributed by atoms with Crippen molar-refractivity contribution in [1.29, 1.82) is 0 Å². The van der Waals surface area contributed by atoms with E-state index in [0.717, 1.165) is 18.7 Å². The highest BCUT2D eigenvalue weighted by Gasteiger charge is 2.02. The first-order chi connectivity index (χ1) is 14.3. The Hall–Kier alpha value is -1.48. The van der Waals surface area contributed by atoms with Gasteiger partial charge in [-0.3, -0.25) is 0 Å². The fraction of sp³-hybridized carbons (Fsp3) is 0.692. The van der Waals surface area contributed by atoms with Crippen LogP contribution in [0, 0.1) is 0 Å². The lowest BCUT2D eigenvalue weighted by Crippen LogP contribution is -2.14. The zero-order valence-electron chi connectivity index (χ0n) is 19.1. The van der Waals surface area contributed by atoms with Gasteiger partial charge in [0.25, 0.3) is 0 Å². The molecular formula is C26H45NO2. The highest BCUT2D eigenvalue weighted by Crippen LogP contribution is 2.26. The van der Waals surface area contributed by atoms with E-state index in [1.54, 1.807) is 13.2 Å². The van der Waals surface area contributed by atoms with Crippen molar-refractivity contribution in [2.24, 2.45) is 0 Å². The minimum absolute atomic E-state index is 0.199. The summed E-state index contributed by atoms with van der Waals surface area (Å²) in [5, 5.41) is 13.1. The first-order valence-electron chi connectivity index (χ1n) is 12.0. The van der Waals surface area contributed by atoms with Gasteiger partial charge in [0.2, 0.25) is 0 Å². The van der Waals surface area contributed by atoms with Gasteiger partial charge in [-0.2, -0.15) is 0 Å². The predicted molar refractivity (Wildman–Crippen MR) is 126 cm³/mol. The number of phenolic OH excluding ortho intramolecular Hbond substituents is 1. The molecule has 1 rings (SSSR count). The fourth-order valence-corrected chi connectivity index (χ4v) is 3.56. The number of benzene rings is 1. The van der Waals surface area contributed by atoms with Crippen LogP contribution in [0.4, 0.5) is 0 Å². The van der Waals surface area contributed by atoms with Crippen molar-refractivity contribution in [3.05, 3.63) is 35.9 Å². The van der Waals surface area contributed by atoms with Crippen LogP contribution in [0.1, 0.15) is 102 Å². The highest BCUT2D eigenvalue weighted by molar-refractivity contribution is 5.41. The van der Waals surface area contributed by atoms with Crippen molar-refractivity contribution >= 4 is 0 Å². The number of nitrogens with one attached hydrogen (secondary N) is 1. The summed E-state index contributed by atoms with van der Waals surface area (Å²) in [5.41, 5.74) is 1.14. The molecule has 1 aromatic carbocycles. The van der Waals surface area contributed by atoms with Gasteiger partial charge in [-0.25, -0.2) is 0 Å². The van der Waals surface area contributed by atoms with Gasteiger partial charge < -0.3 is 15.2 Å². The van der Waals surface area contributed by atoms with Crippen LogP contribution in [-0.4, -0.2) is 18.8 Å². The van der Waals surface area contributed by atoms with Crippen LogP contribution in [0.25, 0.3) is 0 Å². The topological polar surface area (TPSA) is 41.5 Å². The first-order valence-corrected chi connectivity index (χ1v) is 12.0. The van der Waals surface area contributed by atoms with E-state index in [9.17, 15) is 5.11 Å². The number of aromatic hydroxyl groups is 1. The van der Waals surface area contributed by atoms with Crippen molar-refractivity contribution in [3.63, 3.8) is 0 Å². The highest BCUT2D eigenvalue weighted by atomic mass is 16.5. The maximum Gasteiger partial charge on any atom is 0.160 e. The Morgan fingerprint density at radius 3 is 2.03 bits per heavy atom. The molecule has 0 saturated heterocycles. The summed E-state index contributed by atoms with van der Waals surface area (Å²) in [6.07, 6.45) is 23.6. The molecule has 0 amide bonds. The SMILES string of the molecule is CCCCCCCCC=CCCCCCCCCNCc1ccc(O)c(OC)c1. The molecule has 1 aromatic rings. The van der Waals surface area contributed by atoms with E-state index in [1.165, 1.54) is 89.9 Å². The Morgan fingerprint density at radius 1 is 0.828 bits per heavy atom. The van der Waals surface area contributed by atoms with Crippen molar-refractivity contribution in [2.75, 3.05) is 13.7 Å². The molecule has 166 valence electrons. The van der Waals surface area contributed by atoms with E-state index < -0.39 is 0 Å². The van der Waals surface area contributed by atoms with Crippen LogP contribution in [0.15, 0.2) is 30.4 Å². The van der Waals surface area contributed by atoms with E-state index >= 15 is 0 Å². The van der Waals surface area contributed by atoms with E-state index in [1.807, 2.05) is 12.1 Å². The number of hydrogen-bond donors (Lipinski definition) is 2. The van der Waals surface area contributed by atoms with Crippen molar-refractivity contribution in [3.8, 4) is 11.5 Å². The number of phenols is 1. The van der Waals surface area contributed by atoms with Crippen molar-refractivity contribution < 1.29 is 9.84 Å². The third-order valence-corrected chi connectivity index (χ3v) is 5.44. The molecule has 0 atom stereocenters. The van der Waals surface area contributed by atoms with Crippen LogP contribution >= 0.6 is 0 Å². The van der Waals surface area contributed by atoms with Gasteiger partial charge >= 0.3 is 0 Å². The average Bonchev–Trinajstić information content (AvgIpc) is 2.74. The molecule has 0 bridgehead atoms. The lowest BCUT2D eigenvalue weighted by Gasteiger charge is -2.08. The molecule has 0 aliphatic rings. The zero-order valence-corrected chi connectivity index (χ0v) is 19.1. The minimum Gasteiger partial charge on any atom is -0.504 e. The number of unbranched alkanes of at least 4 members (excludes halogenated alkanes) is 12. The van der Waals surface area contributed by atoms with Gasteiger partial charge in [-0.15, -0.1) is 0 Å². The second-order valence-corrected chi connectivity index (χ2v) is 8.12. The molecule has 0 fully saturated rings. The summed E-state index contributed by atoms with van der Waals surface area (Å²) in [5.74, 6) is 0.742. The largest absolute Gasteiger partial charge is 0.504 e. The Bertz CT molecular complexity index is 527. The van der Waals surface area contributed by atoms with E-state index in [-0.39, 0.29) is 5.75 Å². The molecular weight excluding hydrogens is 358 g/mol. The molecule has 0 aliphatic heterocycles. The first kappa shape index (κ1) is 25.6. The van der Waals surface area contributed by atoms with Gasteiger partial charge in [0.15, 0.2) is 11.5 Å².